The molecule has 1 aliphatic rings. The van der Waals surface area contributed by atoms with Crippen LogP contribution in [-0.4, -0.2) is 77.1 Å². The summed E-state index contributed by atoms with van der Waals surface area (Å²) in [5, 5.41) is 6.71. The fraction of sp³-hybridized carbons (Fsp3) is 0.941. The van der Waals surface area contributed by atoms with E-state index in [1.165, 1.54) is 25.9 Å². The molecule has 0 bridgehead atoms. The van der Waals surface area contributed by atoms with Crippen LogP contribution >= 0.6 is 24.0 Å². The SMILES string of the molecule is CCNC(=NCC1CCCN(CC)C1)NCCCOCCOC.I. The van der Waals surface area contributed by atoms with Gasteiger partial charge in [-0.05, 0) is 45.2 Å². The third-order valence-corrected chi connectivity index (χ3v) is 4.09. The molecule has 1 unspecified atom stereocenters. The largest absolute Gasteiger partial charge is 0.382 e. The van der Waals surface area contributed by atoms with Crippen molar-refractivity contribution in [3.05, 3.63) is 0 Å². The molecule has 0 amide bonds. The maximum atomic E-state index is 5.46. The van der Waals surface area contributed by atoms with Crippen molar-refractivity contribution in [2.75, 3.05) is 66.2 Å². The summed E-state index contributed by atoms with van der Waals surface area (Å²) in [7, 11) is 1.69. The lowest BCUT2D eigenvalue weighted by molar-refractivity contribution is 0.0698. The van der Waals surface area contributed by atoms with Crippen molar-refractivity contribution < 1.29 is 9.47 Å². The number of rotatable bonds is 11. The molecule has 0 aromatic carbocycles. The van der Waals surface area contributed by atoms with Crippen LogP contribution in [0, 0.1) is 5.92 Å². The third kappa shape index (κ3) is 11.4. The average Bonchev–Trinajstić information content (AvgIpc) is 2.59. The summed E-state index contributed by atoms with van der Waals surface area (Å²) in [6.45, 7) is 12.7. The van der Waals surface area contributed by atoms with Crippen molar-refractivity contribution >= 4 is 29.9 Å². The molecule has 1 fully saturated rings. The van der Waals surface area contributed by atoms with Gasteiger partial charge in [0.2, 0.25) is 0 Å². The average molecular weight is 456 g/mol. The smallest absolute Gasteiger partial charge is 0.191 e. The van der Waals surface area contributed by atoms with Crippen LogP contribution in [0.15, 0.2) is 4.99 Å². The molecule has 7 heteroatoms. The molecule has 0 aromatic heterocycles. The fourth-order valence-corrected chi connectivity index (χ4v) is 2.78. The van der Waals surface area contributed by atoms with Gasteiger partial charge in [0.1, 0.15) is 0 Å². The van der Waals surface area contributed by atoms with Gasteiger partial charge in [-0.1, -0.05) is 6.92 Å². The molecular weight excluding hydrogens is 419 g/mol. The number of aliphatic imine (C=N–C) groups is 1. The van der Waals surface area contributed by atoms with E-state index in [1.807, 2.05) is 0 Å². The van der Waals surface area contributed by atoms with Gasteiger partial charge in [-0.15, -0.1) is 24.0 Å². The Morgan fingerprint density at radius 1 is 1.21 bits per heavy atom. The van der Waals surface area contributed by atoms with Crippen LogP contribution in [0.5, 0.6) is 0 Å². The standard InChI is InChI=1S/C17H36N4O2.HI/c1-4-18-17(19-9-7-11-23-13-12-22-3)20-14-16-8-6-10-21(5-2)15-16;/h16H,4-15H2,1-3H3,(H2,18,19,20);1H. The van der Waals surface area contributed by atoms with E-state index in [0.29, 0.717) is 19.1 Å². The van der Waals surface area contributed by atoms with Crippen LogP contribution in [0.1, 0.15) is 33.1 Å². The second kappa shape index (κ2) is 16.4. The van der Waals surface area contributed by atoms with E-state index < -0.39 is 0 Å². The summed E-state index contributed by atoms with van der Waals surface area (Å²) >= 11 is 0. The minimum Gasteiger partial charge on any atom is -0.382 e. The summed E-state index contributed by atoms with van der Waals surface area (Å²) in [5.74, 6) is 1.62. The molecule has 1 aliphatic heterocycles. The summed E-state index contributed by atoms with van der Waals surface area (Å²) < 4.78 is 10.4. The molecule has 144 valence electrons. The number of guanidine groups is 1. The highest BCUT2D eigenvalue weighted by Crippen LogP contribution is 2.16. The van der Waals surface area contributed by atoms with Crippen LogP contribution in [-0.2, 0) is 9.47 Å². The Hall–Kier alpha value is -0.120. The van der Waals surface area contributed by atoms with Crippen molar-refractivity contribution in [3.63, 3.8) is 0 Å². The first-order valence-corrected chi connectivity index (χ1v) is 9.11. The zero-order valence-corrected chi connectivity index (χ0v) is 18.0. The van der Waals surface area contributed by atoms with E-state index in [2.05, 4.69) is 29.4 Å². The number of nitrogens with one attached hydrogen (secondary N) is 2. The lowest BCUT2D eigenvalue weighted by Crippen LogP contribution is -2.40. The number of hydrogen-bond donors (Lipinski definition) is 2. The Kier molecular flexibility index (Phi) is 16.3. The van der Waals surface area contributed by atoms with Crippen molar-refractivity contribution in [2.45, 2.75) is 33.1 Å². The molecule has 6 nitrogen and oxygen atoms in total. The molecule has 0 aromatic rings. The van der Waals surface area contributed by atoms with Gasteiger partial charge in [-0.2, -0.15) is 0 Å². The minimum atomic E-state index is 0. The lowest BCUT2D eigenvalue weighted by Gasteiger charge is -2.31. The molecule has 24 heavy (non-hydrogen) atoms. The minimum absolute atomic E-state index is 0. The van der Waals surface area contributed by atoms with Gasteiger partial charge >= 0.3 is 0 Å². The first-order chi connectivity index (χ1) is 11.3. The normalized spacial score (nSPS) is 19.0. The number of halogens is 1. The number of likely N-dealkylation sites (tertiary alicyclic amines) is 1. The molecular formula is C17H37IN4O2. The van der Waals surface area contributed by atoms with E-state index in [9.17, 15) is 0 Å². The van der Waals surface area contributed by atoms with Crippen molar-refractivity contribution in [3.8, 4) is 0 Å². The maximum Gasteiger partial charge on any atom is 0.191 e. The van der Waals surface area contributed by atoms with Crippen LogP contribution < -0.4 is 10.6 Å². The number of hydrogen-bond acceptors (Lipinski definition) is 4. The van der Waals surface area contributed by atoms with Crippen LogP contribution in [0.2, 0.25) is 0 Å². The lowest BCUT2D eigenvalue weighted by atomic mass is 9.98. The van der Waals surface area contributed by atoms with Gasteiger partial charge in [0, 0.05) is 39.9 Å². The molecule has 0 saturated carbocycles. The molecule has 0 aliphatic carbocycles. The van der Waals surface area contributed by atoms with Crippen molar-refractivity contribution in [1.82, 2.24) is 15.5 Å². The summed E-state index contributed by atoms with van der Waals surface area (Å²) in [4.78, 5) is 7.29. The number of piperidine rings is 1. The predicted molar refractivity (Wildman–Crippen MR) is 112 cm³/mol. The van der Waals surface area contributed by atoms with E-state index in [1.54, 1.807) is 7.11 Å². The Morgan fingerprint density at radius 2 is 2.04 bits per heavy atom. The first-order valence-electron chi connectivity index (χ1n) is 9.11. The molecule has 2 N–H and O–H groups in total. The number of nitrogens with zero attached hydrogens (tertiary/aromatic N) is 2. The quantitative estimate of drug-likeness (QED) is 0.216. The van der Waals surface area contributed by atoms with Gasteiger partial charge < -0.3 is 25.0 Å². The highest BCUT2D eigenvalue weighted by molar-refractivity contribution is 14.0. The molecule has 1 rings (SSSR count). The molecule has 1 saturated heterocycles. The zero-order chi connectivity index (χ0) is 16.8. The Bertz CT molecular complexity index is 319. The fourth-order valence-electron chi connectivity index (χ4n) is 2.78. The molecule has 1 heterocycles. The van der Waals surface area contributed by atoms with Gasteiger partial charge in [0.05, 0.1) is 13.2 Å². The highest BCUT2D eigenvalue weighted by Gasteiger charge is 2.18. The van der Waals surface area contributed by atoms with Crippen LogP contribution in [0.4, 0.5) is 0 Å². The van der Waals surface area contributed by atoms with Gasteiger partial charge in [-0.3, -0.25) is 4.99 Å². The van der Waals surface area contributed by atoms with Gasteiger partial charge in [-0.25, -0.2) is 0 Å². The third-order valence-electron chi connectivity index (χ3n) is 4.09. The number of ether oxygens (including phenoxy) is 2. The monoisotopic (exact) mass is 456 g/mol. The second-order valence-corrected chi connectivity index (χ2v) is 6.01. The van der Waals surface area contributed by atoms with E-state index in [0.717, 1.165) is 45.2 Å². The van der Waals surface area contributed by atoms with Crippen molar-refractivity contribution in [2.24, 2.45) is 10.9 Å². The van der Waals surface area contributed by atoms with E-state index >= 15 is 0 Å². The van der Waals surface area contributed by atoms with E-state index in [-0.39, 0.29) is 24.0 Å². The topological polar surface area (TPSA) is 58.1 Å². The predicted octanol–water partition coefficient (Wildman–Crippen LogP) is 1.94. The highest BCUT2D eigenvalue weighted by atomic mass is 127. The maximum absolute atomic E-state index is 5.46. The molecule has 0 spiro atoms. The van der Waals surface area contributed by atoms with Crippen LogP contribution in [0.25, 0.3) is 0 Å². The van der Waals surface area contributed by atoms with Gasteiger partial charge in [0.15, 0.2) is 5.96 Å². The zero-order valence-electron chi connectivity index (χ0n) is 15.7. The second-order valence-electron chi connectivity index (χ2n) is 6.01. The van der Waals surface area contributed by atoms with Crippen LogP contribution in [0.3, 0.4) is 0 Å². The Labute approximate surface area is 165 Å². The molecule has 1 atom stereocenters. The molecule has 0 radical (unpaired) electrons. The number of methoxy groups -OCH3 is 1. The van der Waals surface area contributed by atoms with Gasteiger partial charge in [0.25, 0.3) is 0 Å². The summed E-state index contributed by atoms with van der Waals surface area (Å²) in [5.41, 5.74) is 0. The van der Waals surface area contributed by atoms with Crippen molar-refractivity contribution in [1.29, 1.82) is 0 Å². The summed E-state index contributed by atoms with van der Waals surface area (Å²) in [6.07, 6.45) is 3.57. The van der Waals surface area contributed by atoms with E-state index in [4.69, 9.17) is 14.5 Å². The summed E-state index contributed by atoms with van der Waals surface area (Å²) in [6, 6.07) is 0. The Morgan fingerprint density at radius 3 is 2.75 bits per heavy atom. The first kappa shape index (κ1) is 23.9. The Balaban J connectivity index is 0.00000529.